The normalized spacial score (nSPS) is 11.0. The Hall–Kier alpha value is -2.90. The molecule has 0 saturated heterocycles. The Labute approximate surface area is 162 Å². The van der Waals surface area contributed by atoms with Crippen LogP contribution in [0.5, 0.6) is 0 Å². The SMILES string of the molecule is Cc1ccc(NC(=O)c2ccccn2)cc1S(=O)(=O)Nc1ccc(Cl)cc1. The lowest BCUT2D eigenvalue weighted by atomic mass is 10.2. The fourth-order valence-electron chi connectivity index (χ4n) is 2.39. The summed E-state index contributed by atoms with van der Waals surface area (Å²) >= 11 is 5.82. The zero-order valence-electron chi connectivity index (χ0n) is 14.3. The highest BCUT2D eigenvalue weighted by molar-refractivity contribution is 7.92. The Bertz CT molecular complexity index is 1070. The van der Waals surface area contributed by atoms with E-state index in [1.807, 2.05) is 0 Å². The lowest BCUT2D eigenvalue weighted by molar-refractivity contribution is 0.102. The number of anilines is 2. The van der Waals surface area contributed by atoms with Gasteiger partial charge in [-0.1, -0.05) is 23.7 Å². The Balaban J connectivity index is 1.86. The first kappa shape index (κ1) is 18.9. The third-order valence-corrected chi connectivity index (χ3v) is 5.50. The molecular formula is C19H16ClN3O3S. The lowest BCUT2D eigenvalue weighted by Crippen LogP contribution is -2.16. The Morgan fingerprint density at radius 2 is 1.70 bits per heavy atom. The van der Waals surface area contributed by atoms with Crippen LogP contribution in [0.25, 0.3) is 0 Å². The van der Waals surface area contributed by atoms with Gasteiger partial charge in [-0.05, 0) is 61.0 Å². The predicted molar refractivity (Wildman–Crippen MR) is 106 cm³/mol. The van der Waals surface area contributed by atoms with Crippen molar-refractivity contribution in [1.29, 1.82) is 0 Å². The highest BCUT2D eigenvalue weighted by Gasteiger charge is 2.18. The molecule has 2 N–H and O–H groups in total. The number of carbonyl (C=O) groups excluding carboxylic acids is 1. The summed E-state index contributed by atoms with van der Waals surface area (Å²) in [5.74, 6) is -0.423. The van der Waals surface area contributed by atoms with Gasteiger partial charge >= 0.3 is 0 Å². The smallest absolute Gasteiger partial charge is 0.274 e. The maximum atomic E-state index is 12.7. The summed E-state index contributed by atoms with van der Waals surface area (Å²) in [6.45, 7) is 1.68. The summed E-state index contributed by atoms with van der Waals surface area (Å²) in [7, 11) is -3.84. The molecule has 0 spiro atoms. The molecule has 1 heterocycles. The van der Waals surface area contributed by atoms with Crippen molar-refractivity contribution < 1.29 is 13.2 Å². The van der Waals surface area contributed by atoms with E-state index >= 15 is 0 Å². The van der Waals surface area contributed by atoms with Crippen molar-refractivity contribution in [3.8, 4) is 0 Å². The third kappa shape index (κ3) is 4.64. The van der Waals surface area contributed by atoms with Crippen molar-refractivity contribution >= 4 is 38.9 Å². The van der Waals surface area contributed by atoms with E-state index in [1.165, 1.54) is 12.3 Å². The number of aromatic nitrogens is 1. The van der Waals surface area contributed by atoms with Gasteiger partial charge in [-0.3, -0.25) is 14.5 Å². The molecule has 1 amide bonds. The van der Waals surface area contributed by atoms with Crippen molar-refractivity contribution in [1.82, 2.24) is 4.98 Å². The van der Waals surface area contributed by atoms with Gasteiger partial charge in [-0.2, -0.15) is 0 Å². The van der Waals surface area contributed by atoms with Crippen molar-refractivity contribution in [2.75, 3.05) is 10.0 Å². The van der Waals surface area contributed by atoms with Gasteiger partial charge in [0.1, 0.15) is 5.69 Å². The van der Waals surface area contributed by atoms with Gasteiger partial charge in [0.2, 0.25) is 0 Å². The first-order chi connectivity index (χ1) is 12.8. The number of hydrogen-bond acceptors (Lipinski definition) is 4. The number of hydrogen-bond donors (Lipinski definition) is 2. The molecule has 0 atom stereocenters. The number of rotatable bonds is 5. The van der Waals surface area contributed by atoms with Crippen LogP contribution >= 0.6 is 11.6 Å². The maximum absolute atomic E-state index is 12.7. The minimum absolute atomic E-state index is 0.0660. The molecule has 0 radical (unpaired) electrons. The van der Waals surface area contributed by atoms with Crippen molar-refractivity contribution in [3.05, 3.63) is 83.1 Å². The largest absolute Gasteiger partial charge is 0.321 e. The van der Waals surface area contributed by atoms with Gasteiger partial charge in [-0.25, -0.2) is 8.42 Å². The van der Waals surface area contributed by atoms with Crippen LogP contribution in [0, 0.1) is 6.92 Å². The summed E-state index contributed by atoms with van der Waals surface area (Å²) in [5.41, 5.74) is 1.53. The molecule has 3 rings (SSSR count). The molecule has 0 saturated carbocycles. The number of nitrogens with zero attached hydrogens (tertiary/aromatic N) is 1. The molecule has 0 unspecified atom stereocenters. The van der Waals surface area contributed by atoms with E-state index in [1.54, 1.807) is 61.5 Å². The molecule has 8 heteroatoms. The van der Waals surface area contributed by atoms with Crippen LogP contribution in [0.3, 0.4) is 0 Å². The summed E-state index contributed by atoms with van der Waals surface area (Å²) in [4.78, 5) is 16.3. The van der Waals surface area contributed by atoms with Gasteiger partial charge in [0.05, 0.1) is 4.90 Å². The van der Waals surface area contributed by atoms with Gasteiger partial charge in [0.25, 0.3) is 15.9 Å². The fraction of sp³-hybridized carbons (Fsp3) is 0.0526. The highest BCUT2D eigenvalue weighted by atomic mass is 35.5. The first-order valence-corrected chi connectivity index (χ1v) is 9.83. The Kier molecular flexibility index (Phi) is 5.43. The molecule has 3 aromatic rings. The second-order valence-electron chi connectivity index (χ2n) is 5.76. The third-order valence-electron chi connectivity index (χ3n) is 3.73. The molecule has 6 nitrogen and oxygen atoms in total. The van der Waals surface area contributed by atoms with Crippen LogP contribution in [0.4, 0.5) is 11.4 Å². The van der Waals surface area contributed by atoms with Crippen LogP contribution < -0.4 is 10.0 Å². The van der Waals surface area contributed by atoms with E-state index in [4.69, 9.17) is 11.6 Å². The van der Waals surface area contributed by atoms with Crippen molar-refractivity contribution in [2.45, 2.75) is 11.8 Å². The second-order valence-corrected chi connectivity index (χ2v) is 7.85. The minimum atomic E-state index is -3.84. The van der Waals surface area contributed by atoms with Gasteiger partial charge < -0.3 is 5.32 Å². The summed E-state index contributed by atoms with van der Waals surface area (Å²) in [6.07, 6.45) is 1.51. The number of sulfonamides is 1. The van der Waals surface area contributed by atoms with Crippen molar-refractivity contribution in [2.24, 2.45) is 0 Å². The van der Waals surface area contributed by atoms with Crippen LogP contribution in [0.2, 0.25) is 5.02 Å². The fourth-order valence-corrected chi connectivity index (χ4v) is 3.84. The summed E-state index contributed by atoms with van der Waals surface area (Å²) in [6, 6.07) is 16.0. The second kappa shape index (κ2) is 7.77. The average molecular weight is 402 g/mol. The topological polar surface area (TPSA) is 88.2 Å². The van der Waals surface area contributed by atoms with E-state index < -0.39 is 15.9 Å². The summed E-state index contributed by atoms with van der Waals surface area (Å²) in [5, 5.41) is 3.17. The predicted octanol–water partition coefficient (Wildman–Crippen LogP) is 4.10. The van der Waals surface area contributed by atoms with Gasteiger partial charge in [-0.15, -0.1) is 0 Å². The van der Waals surface area contributed by atoms with Crippen LogP contribution in [0.15, 0.2) is 71.8 Å². The van der Waals surface area contributed by atoms with Gasteiger partial charge in [0, 0.05) is 22.6 Å². The van der Waals surface area contributed by atoms with Gasteiger partial charge in [0.15, 0.2) is 0 Å². The molecule has 27 heavy (non-hydrogen) atoms. The lowest BCUT2D eigenvalue weighted by Gasteiger charge is -2.13. The number of carbonyl (C=O) groups is 1. The van der Waals surface area contributed by atoms with Crippen LogP contribution in [0.1, 0.15) is 16.1 Å². The molecule has 2 aromatic carbocycles. The van der Waals surface area contributed by atoms with E-state index in [2.05, 4.69) is 15.0 Å². The first-order valence-electron chi connectivity index (χ1n) is 7.96. The molecule has 0 aliphatic heterocycles. The molecule has 0 aliphatic rings. The van der Waals surface area contributed by atoms with E-state index in [9.17, 15) is 13.2 Å². The van der Waals surface area contributed by atoms with Crippen LogP contribution in [-0.4, -0.2) is 19.3 Å². The molecule has 0 bridgehead atoms. The maximum Gasteiger partial charge on any atom is 0.274 e. The number of halogens is 1. The summed E-state index contributed by atoms with van der Waals surface area (Å²) < 4.78 is 28.0. The molecule has 138 valence electrons. The zero-order chi connectivity index (χ0) is 19.4. The number of benzene rings is 2. The van der Waals surface area contributed by atoms with Crippen molar-refractivity contribution in [3.63, 3.8) is 0 Å². The standard InChI is InChI=1S/C19H16ClN3O3S/c1-13-5-8-16(22-19(24)17-4-2-3-11-21-17)12-18(13)27(25,26)23-15-9-6-14(20)7-10-15/h2-12,23H,1H3,(H,22,24). The van der Waals surface area contributed by atoms with Crippen LogP contribution in [-0.2, 0) is 10.0 Å². The van der Waals surface area contributed by atoms with E-state index in [0.29, 0.717) is 22.0 Å². The Morgan fingerprint density at radius 1 is 1.00 bits per heavy atom. The minimum Gasteiger partial charge on any atom is -0.321 e. The zero-order valence-corrected chi connectivity index (χ0v) is 15.9. The highest BCUT2D eigenvalue weighted by Crippen LogP contribution is 2.24. The molecule has 0 aliphatic carbocycles. The quantitative estimate of drug-likeness (QED) is 0.673. The number of amides is 1. The molecular weight excluding hydrogens is 386 g/mol. The monoisotopic (exact) mass is 401 g/mol. The number of aryl methyl sites for hydroxylation is 1. The average Bonchev–Trinajstić information content (AvgIpc) is 2.65. The van der Waals surface area contributed by atoms with E-state index in [-0.39, 0.29) is 10.6 Å². The molecule has 0 fully saturated rings. The number of nitrogens with one attached hydrogen (secondary N) is 2. The Morgan fingerprint density at radius 3 is 2.37 bits per heavy atom. The number of pyridine rings is 1. The molecule has 1 aromatic heterocycles. The van der Waals surface area contributed by atoms with E-state index in [0.717, 1.165) is 0 Å².